The highest BCUT2D eigenvalue weighted by Gasteiger charge is 2.39. The van der Waals surface area contributed by atoms with Gasteiger partial charge in [-0.3, -0.25) is 4.90 Å². The molecule has 6 nitrogen and oxygen atoms in total. The van der Waals surface area contributed by atoms with Gasteiger partial charge in [0.1, 0.15) is 0 Å². The number of carboxylic acid groups (broad SMARTS) is 1. The monoisotopic (exact) mass is 310 g/mol. The lowest BCUT2D eigenvalue weighted by Crippen LogP contribution is -2.42. The third kappa shape index (κ3) is 2.81. The average molecular weight is 310 g/mol. The number of nitrogens with one attached hydrogen (secondary N) is 1. The molecule has 1 aromatic rings. The summed E-state index contributed by atoms with van der Waals surface area (Å²) >= 11 is 0. The van der Waals surface area contributed by atoms with Crippen molar-refractivity contribution in [1.82, 2.24) is 9.62 Å². The van der Waals surface area contributed by atoms with Gasteiger partial charge in [0.05, 0.1) is 10.5 Å². The first-order chi connectivity index (χ1) is 9.97. The number of nitrogens with zero attached hydrogens (tertiary/aromatic N) is 1. The smallest absolute Gasteiger partial charge is 0.335 e. The number of benzene rings is 1. The number of aromatic carboxylic acids is 1. The summed E-state index contributed by atoms with van der Waals surface area (Å²) in [6.45, 7) is 1.96. The second-order valence-corrected chi connectivity index (χ2v) is 7.31. The van der Waals surface area contributed by atoms with Crippen LogP contribution in [0.2, 0.25) is 0 Å². The van der Waals surface area contributed by atoms with Crippen LogP contribution in [0, 0.1) is 0 Å². The Labute approximate surface area is 123 Å². The molecule has 0 bridgehead atoms. The minimum atomic E-state index is -3.68. The predicted molar refractivity (Wildman–Crippen MR) is 76.7 cm³/mol. The van der Waals surface area contributed by atoms with Crippen LogP contribution in [0.1, 0.15) is 29.6 Å². The first kappa shape index (κ1) is 14.5. The third-order valence-corrected chi connectivity index (χ3v) is 5.79. The number of rotatable bonds is 4. The first-order valence-electron chi connectivity index (χ1n) is 7.07. The van der Waals surface area contributed by atoms with E-state index < -0.39 is 16.0 Å². The number of fused-ring (bicyclic) bond motifs is 1. The molecule has 7 heteroatoms. The molecule has 2 atom stereocenters. The zero-order valence-corrected chi connectivity index (χ0v) is 12.3. The van der Waals surface area contributed by atoms with Gasteiger partial charge in [0.25, 0.3) is 0 Å². The average Bonchev–Trinajstić information content (AvgIpc) is 3.04. The van der Waals surface area contributed by atoms with E-state index in [1.165, 1.54) is 24.3 Å². The van der Waals surface area contributed by atoms with Gasteiger partial charge in [-0.1, -0.05) is 6.07 Å². The Kier molecular flexibility index (Phi) is 3.73. The van der Waals surface area contributed by atoms with Gasteiger partial charge in [-0.15, -0.1) is 0 Å². The summed E-state index contributed by atoms with van der Waals surface area (Å²) in [7, 11) is -3.68. The van der Waals surface area contributed by atoms with Crippen molar-refractivity contribution in [2.45, 2.75) is 36.2 Å². The van der Waals surface area contributed by atoms with E-state index in [1.54, 1.807) is 0 Å². The van der Waals surface area contributed by atoms with Crippen LogP contribution in [0.4, 0.5) is 0 Å². The highest BCUT2D eigenvalue weighted by molar-refractivity contribution is 7.89. The Morgan fingerprint density at radius 1 is 1.29 bits per heavy atom. The summed E-state index contributed by atoms with van der Waals surface area (Å²) in [4.78, 5) is 13.3. The van der Waals surface area contributed by atoms with Crippen LogP contribution in [0.25, 0.3) is 0 Å². The number of hydrogen-bond donors (Lipinski definition) is 2. The summed E-state index contributed by atoms with van der Waals surface area (Å²) in [6.07, 6.45) is 2.93. The Hall–Kier alpha value is -1.44. The van der Waals surface area contributed by atoms with Crippen LogP contribution in [0.3, 0.4) is 0 Å². The van der Waals surface area contributed by atoms with E-state index in [1.807, 2.05) is 0 Å². The summed E-state index contributed by atoms with van der Waals surface area (Å²) in [5.41, 5.74) is -0.0215. The maximum Gasteiger partial charge on any atom is 0.335 e. The van der Waals surface area contributed by atoms with Gasteiger partial charge in [0, 0.05) is 18.6 Å². The third-order valence-electron chi connectivity index (χ3n) is 4.30. The Morgan fingerprint density at radius 3 is 2.86 bits per heavy atom. The van der Waals surface area contributed by atoms with Gasteiger partial charge in [0.2, 0.25) is 10.0 Å². The number of sulfonamides is 1. The zero-order valence-electron chi connectivity index (χ0n) is 11.5. The minimum absolute atomic E-state index is 0.0128. The molecule has 21 heavy (non-hydrogen) atoms. The normalized spacial score (nSPS) is 25.9. The van der Waals surface area contributed by atoms with Crippen molar-refractivity contribution >= 4 is 16.0 Å². The molecule has 2 saturated heterocycles. The Balaban J connectivity index is 1.81. The number of hydrogen-bond acceptors (Lipinski definition) is 4. The minimum Gasteiger partial charge on any atom is -0.478 e. The fraction of sp³-hybridized carbons (Fsp3) is 0.500. The highest BCUT2D eigenvalue weighted by Crippen LogP contribution is 2.29. The van der Waals surface area contributed by atoms with Crippen LogP contribution in [-0.4, -0.2) is 49.6 Å². The van der Waals surface area contributed by atoms with Crippen LogP contribution >= 0.6 is 0 Å². The molecular weight excluding hydrogens is 292 g/mol. The lowest BCUT2D eigenvalue weighted by atomic mass is 10.1. The summed E-state index contributed by atoms with van der Waals surface area (Å²) < 4.78 is 27.6. The molecular formula is C14H18N2O4S. The van der Waals surface area contributed by atoms with Crippen molar-refractivity contribution in [3.05, 3.63) is 29.8 Å². The first-order valence-corrected chi connectivity index (χ1v) is 8.55. The van der Waals surface area contributed by atoms with Crippen LogP contribution in [0.5, 0.6) is 0 Å². The van der Waals surface area contributed by atoms with E-state index in [2.05, 4.69) is 9.62 Å². The molecule has 114 valence electrons. The lowest BCUT2D eigenvalue weighted by molar-refractivity contribution is 0.0696. The number of carboxylic acids is 1. The molecule has 0 aliphatic carbocycles. The van der Waals surface area contributed by atoms with E-state index in [0.717, 1.165) is 32.4 Å². The standard InChI is InChI=1S/C14H18N2O4S/c17-14(18)10-3-1-4-11(9-10)21(19,20)15-12-6-8-16-7-2-5-13(12)16/h1,3-4,9,12-13,15H,2,5-8H2,(H,17,18). The Morgan fingerprint density at radius 2 is 2.10 bits per heavy atom. The molecule has 2 heterocycles. The molecule has 2 fully saturated rings. The second-order valence-electron chi connectivity index (χ2n) is 5.59. The van der Waals surface area contributed by atoms with E-state index in [0.29, 0.717) is 0 Å². The molecule has 2 aliphatic heterocycles. The summed E-state index contributed by atoms with van der Waals surface area (Å²) in [6, 6.07) is 5.67. The van der Waals surface area contributed by atoms with Gasteiger partial charge in [-0.2, -0.15) is 0 Å². The fourth-order valence-electron chi connectivity index (χ4n) is 3.28. The quantitative estimate of drug-likeness (QED) is 0.863. The summed E-state index contributed by atoms with van der Waals surface area (Å²) in [5.74, 6) is -1.13. The van der Waals surface area contributed by atoms with Crippen molar-refractivity contribution in [2.24, 2.45) is 0 Å². The molecule has 0 spiro atoms. The predicted octanol–water partition coefficient (Wildman–Crippen LogP) is 0.900. The molecule has 1 aromatic carbocycles. The topological polar surface area (TPSA) is 86.7 Å². The molecule has 2 unspecified atom stereocenters. The van der Waals surface area contributed by atoms with Crippen LogP contribution in [0.15, 0.2) is 29.2 Å². The largest absolute Gasteiger partial charge is 0.478 e. The van der Waals surface area contributed by atoms with Crippen LogP contribution in [-0.2, 0) is 10.0 Å². The maximum atomic E-state index is 12.4. The highest BCUT2D eigenvalue weighted by atomic mass is 32.2. The van der Waals surface area contributed by atoms with Crippen molar-refractivity contribution < 1.29 is 18.3 Å². The van der Waals surface area contributed by atoms with E-state index >= 15 is 0 Å². The molecule has 0 aromatic heterocycles. The van der Waals surface area contributed by atoms with Gasteiger partial charge < -0.3 is 5.11 Å². The molecule has 2 aliphatic rings. The zero-order chi connectivity index (χ0) is 15.0. The molecule has 3 rings (SSSR count). The van der Waals surface area contributed by atoms with Gasteiger partial charge in [0.15, 0.2) is 0 Å². The van der Waals surface area contributed by atoms with Crippen LogP contribution < -0.4 is 4.72 Å². The van der Waals surface area contributed by atoms with Gasteiger partial charge in [-0.05, 0) is 44.0 Å². The fourth-order valence-corrected chi connectivity index (χ4v) is 4.63. The maximum absolute atomic E-state index is 12.4. The summed E-state index contributed by atoms with van der Waals surface area (Å²) in [5, 5.41) is 8.96. The van der Waals surface area contributed by atoms with Gasteiger partial charge >= 0.3 is 5.97 Å². The van der Waals surface area contributed by atoms with Crippen molar-refractivity contribution in [3.8, 4) is 0 Å². The van der Waals surface area contributed by atoms with Gasteiger partial charge in [-0.25, -0.2) is 17.9 Å². The van der Waals surface area contributed by atoms with Crippen molar-refractivity contribution in [2.75, 3.05) is 13.1 Å². The van der Waals surface area contributed by atoms with E-state index in [-0.39, 0.29) is 22.5 Å². The molecule has 0 saturated carbocycles. The van der Waals surface area contributed by atoms with E-state index in [9.17, 15) is 13.2 Å². The molecule has 2 N–H and O–H groups in total. The van der Waals surface area contributed by atoms with Crippen molar-refractivity contribution in [3.63, 3.8) is 0 Å². The lowest BCUT2D eigenvalue weighted by Gasteiger charge is -2.21. The molecule has 0 radical (unpaired) electrons. The SMILES string of the molecule is O=C(O)c1cccc(S(=O)(=O)NC2CCN3CCCC23)c1. The number of carbonyl (C=O) groups is 1. The Bertz CT molecular complexity index is 659. The second kappa shape index (κ2) is 5.40. The van der Waals surface area contributed by atoms with Crippen molar-refractivity contribution in [1.29, 1.82) is 0 Å². The molecule has 0 amide bonds. The van der Waals surface area contributed by atoms with E-state index in [4.69, 9.17) is 5.11 Å².